The summed E-state index contributed by atoms with van der Waals surface area (Å²) in [5, 5.41) is 7.79. The summed E-state index contributed by atoms with van der Waals surface area (Å²) < 4.78 is 0. The second-order valence-corrected chi connectivity index (χ2v) is 22.7. The fraction of sp³-hybridized carbons (Fsp3) is 0.205. The van der Waals surface area contributed by atoms with E-state index in [1.807, 2.05) is 0 Å². The van der Waals surface area contributed by atoms with E-state index in [4.69, 9.17) is 0 Å². The third kappa shape index (κ3) is 7.12. The molecule has 8 aromatic carbocycles. The summed E-state index contributed by atoms with van der Waals surface area (Å²) in [4.78, 5) is 5.24. The molecular weight excluding hydrogens is 905 g/mol. The molecular formula is C73H62N2. The molecule has 2 heteroatoms. The van der Waals surface area contributed by atoms with Gasteiger partial charge in [-0.1, -0.05) is 153 Å². The first-order valence-corrected chi connectivity index (χ1v) is 27.9. The maximum absolute atomic E-state index is 2.62. The monoisotopic (exact) mass is 966 g/mol. The average Bonchev–Trinajstić information content (AvgIpc) is 3.61. The van der Waals surface area contributed by atoms with Crippen LogP contribution in [0.15, 0.2) is 223 Å². The Morgan fingerprint density at radius 2 is 1.01 bits per heavy atom. The van der Waals surface area contributed by atoms with E-state index in [0.29, 0.717) is 5.92 Å². The first-order valence-electron chi connectivity index (χ1n) is 27.9. The number of aryl methyl sites for hydroxylation is 2. The van der Waals surface area contributed by atoms with Gasteiger partial charge in [0.1, 0.15) is 0 Å². The molecule has 7 aliphatic rings. The van der Waals surface area contributed by atoms with Crippen LogP contribution in [0.4, 0.5) is 22.7 Å². The number of fused-ring (bicyclic) bond motifs is 8. The molecule has 364 valence electrons. The summed E-state index contributed by atoms with van der Waals surface area (Å²) in [6.07, 6.45) is 33.4. The van der Waals surface area contributed by atoms with E-state index in [2.05, 4.69) is 224 Å². The van der Waals surface area contributed by atoms with Gasteiger partial charge in [-0.3, -0.25) is 0 Å². The predicted octanol–water partition coefficient (Wildman–Crippen LogP) is 19.7. The lowest BCUT2D eigenvalue weighted by atomic mass is 9.71. The van der Waals surface area contributed by atoms with Crippen LogP contribution in [0.1, 0.15) is 105 Å². The lowest BCUT2D eigenvalue weighted by molar-refractivity contribution is 0.418. The minimum Gasteiger partial charge on any atom is -0.310 e. The molecule has 75 heavy (non-hydrogen) atoms. The van der Waals surface area contributed by atoms with E-state index < -0.39 is 0 Å². The van der Waals surface area contributed by atoms with Crippen molar-refractivity contribution in [1.82, 2.24) is 0 Å². The largest absolute Gasteiger partial charge is 0.310 e. The van der Waals surface area contributed by atoms with Crippen molar-refractivity contribution in [2.75, 3.05) is 9.80 Å². The average molecular weight is 967 g/mol. The van der Waals surface area contributed by atoms with Crippen molar-refractivity contribution in [2.24, 2.45) is 5.92 Å². The summed E-state index contributed by atoms with van der Waals surface area (Å²) in [6.45, 7) is 4.98. The molecule has 0 fully saturated rings. The number of benzene rings is 8. The second-order valence-electron chi connectivity index (χ2n) is 22.7. The van der Waals surface area contributed by atoms with Gasteiger partial charge in [0, 0.05) is 34.1 Å². The van der Waals surface area contributed by atoms with Crippen molar-refractivity contribution in [3.05, 3.63) is 256 Å². The second kappa shape index (κ2) is 17.6. The zero-order valence-electron chi connectivity index (χ0n) is 43.3. The first kappa shape index (κ1) is 44.5. The van der Waals surface area contributed by atoms with E-state index in [-0.39, 0.29) is 5.41 Å². The van der Waals surface area contributed by atoms with Crippen LogP contribution in [0.25, 0.3) is 60.2 Å². The summed E-state index contributed by atoms with van der Waals surface area (Å²) in [5.74, 6) is 0.357. The lowest BCUT2D eigenvalue weighted by Gasteiger charge is -2.33. The van der Waals surface area contributed by atoms with Crippen LogP contribution in [0.2, 0.25) is 0 Å². The Kier molecular flexibility index (Phi) is 10.4. The van der Waals surface area contributed by atoms with E-state index in [0.717, 1.165) is 70.6 Å². The number of hydrogen-bond donors (Lipinski definition) is 0. The summed E-state index contributed by atoms with van der Waals surface area (Å²) in [6, 6.07) is 56.8. The predicted molar refractivity (Wildman–Crippen MR) is 319 cm³/mol. The molecule has 0 saturated carbocycles. The Balaban J connectivity index is 1.07. The van der Waals surface area contributed by atoms with Gasteiger partial charge in [-0.25, -0.2) is 0 Å². The zero-order chi connectivity index (χ0) is 49.8. The molecule has 1 unspecified atom stereocenters. The van der Waals surface area contributed by atoms with Gasteiger partial charge in [-0.15, -0.1) is 0 Å². The van der Waals surface area contributed by atoms with E-state index in [9.17, 15) is 0 Å². The molecule has 0 amide bonds. The Morgan fingerprint density at radius 1 is 0.440 bits per heavy atom. The number of para-hydroxylation sites is 2. The molecule has 0 spiro atoms. The van der Waals surface area contributed by atoms with Crippen molar-refractivity contribution in [3.63, 3.8) is 0 Å². The fourth-order valence-corrected chi connectivity index (χ4v) is 14.6. The minimum absolute atomic E-state index is 0.0148. The highest BCUT2D eigenvalue weighted by molar-refractivity contribution is 6.22. The third-order valence-electron chi connectivity index (χ3n) is 18.3. The smallest absolute Gasteiger partial charge is 0.0493 e. The molecule has 2 heterocycles. The van der Waals surface area contributed by atoms with Gasteiger partial charge in [0.25, 0.3) is 0 Å². The molecule has 0 aromatic heterocycles. The summed E-state index contributed by atoms with van der Waals surface area (Å²) in [7, 11) is 0. The number of nitrogens with zero attached hydrogens (tertiary/aromatic N) is 2. The van der Waals surface area contributed by atoms with Crippen LogP contribution in [-0.4, -0.2) is 0 Å². The van der Waals surface area contributed by atoms with E-state index >= 15 is 0 Å². The molecule has 0 saturated heterocycles. The molecule has 8 aromatic rings. The Labute approximate surface area is 442 Å². The highest BCUT2D eigenvalue weighted by Crippen LogP contribution is 2.57. The van der Waals surface area contributed by atoms with Crippen LogP contribution < -0.4 is 9.80 Å². The zero-order valence-corrected chi connectivity index (χ0v) is 43.3. The minimum atomic E-state index is -0.0148. The van der Waals surface area contributed by atoms with Crippen LogP contribution in [0.3, 0.4) is 0 Å². The molecule has 0 radical (unpaired) electrons. The van der Waals surface area contributed by atoms with E-state index in [1.165, 1.54) is 128 Å². The lowest BCUT2D eigenvalue weighted by Crippen LogP contribution is -2.25. The molecule has 0 N–H and O–H groups in total. The number of rotatable bonds is 5. The number of hydrogen-bond acceptors (Lipinski definition) is 2. The molecule has 2 aliphatic heterocycles. The van der Waals surface area contributed by atoms with Crippen LogP contribution in [-0.2, 0) is 18.3 Å². The third-order valence-corrected chi connectivity index (χ3v) is 18.3. The maximum atomic E-state index is 2.62. The normalized spacial score (nSPS) is 19.4. The molecule has 0 bridgehead atoms. The SMILES string of the molecule is CC1(C)c2ccccc2C2=CC=C(c3c4cc(N5C6=C(CCC=C6)CCc6ccccc65)ccc4c(-c4cc5ccccc5cc4C4=CC=CCC4)c4cc(N5C6=C(CCC=C6)CCc6ccccc65)ccc34)CC21. The van der Waals surface area contributed by atoms with Gasteiger partial charge in [0.05, 0.1) is 0 Å². The van der Waals surface area contributed by atoms with Crippen molar-refractivity contribution in [1.29, 1.82) is 0 Å². The van der Waals surface area contributed by atoms with E-state index in [1.54, 1.807) is 11.1 Å². The first-order chi connectivity index (χ1) is 37.0. The van der Waals surface area contributed by atoms with Gasteiger partial charge >= 0.3 is 0 Å². The summed E-state index contributed by atoms with van der Waals surface area (Å²) >= 11 is 0. The van der Waals surface area contributed by atoms with Crippen molar-refractivity contribution < 1.29 is 0 Å². The van der Waals surface area contributed by atoms with Crippen LogP contribution in [0, 0.1) is 5.92 Å². The van der Waals surface area contributed by atoms with Crippen molar-refractivity contribution >= 4 is 71.8 Å². The molecule has 15 rings (SSSR count). The molecule has 2 nitrogen and oxygen atoms in total. The number of allylic oxidation sites excluding steroid dienone is 14. The molecule has 5 aliphatic carbocycles. The van der Waals surface area contributed by atoms with Gasteiger partial charge in [0.2, 0.25) is 0 Å². The summed E-state index contributed by atoms with van der Waals surface area (Å²) in [5.41, 5.74) is 26.2. The standard InChI is InChI=1S/C73H62N2/c1-73(2)65-27-13-12-26-57(65)58-39-36-54(44-66(58)73)71-59-40-37-56(75-69-30-16-10-22-50(69)34-35-51-23-11-17-31-70(51)75)46-64(59)72(62-43-53-25-7-6-24-52(53)42-61(62)47-18-4-3-5-19-47)60-41-38-55(45-63(60)71)74-67-28-14-8-20-48(67)32-33-49-21-9-15-29-68(49)74/h3-4,6-8,10,12-18,20,22,24-31,36-43,45-46,66H,5,9,11,19,21,23,32-35,44H2,1-2H3. The van der Waals surface area contributed by atoms with Crippen LogP contribution >= 0.6 is 0 Å². The van der Waals surface area contributed by atoms with Gasteiger partial charge in [0.15, 0.2) is 0 Å². The van der Waals surface area contributed by atoms with Gasteiger partial charge in [-0.05, 0) is 247 Å². The van der Waals surface area contributed by atoms with Crippen LogP contribution in [0.5, 0.6) is 0 Å². The quantitative estimate of drug-likeness (QED) is 0.159. The maximum Gasteiger partial charge on any atom is 0.0493 e. The Hall–Kier alpha value is -7.94. The van der Waals surface area contributed by atoms with Gasteiger partial charge < -0.3 is 9.80 Å². The van der Waals surface area contributed by atoms with Crippen molar-refractivity contribution in [3.8, 4) is 11.1 Å². The number of anilines is 4. The fourth-order valence-electron chi connectivity index (χ4n) is 14.6. The Bertz CT molecular complexity index is 4020. The highest BCUT2D eigenvalue weighted by Gasteiger charge is 2.44. The van der Waals surface area contributed by atoms with Gasteiger partial charge in [-0.2, -0.15) is 0 Å². The van der Waals surface area contributed by atoms with Crippen molar-refractivity contribution in [2.45, 2.75) is 89.9 Å². The molecule has 1 atom stereocenters. The topological polar surface area (TPSA) is 6.48 Å². The highest BCUT2D eigenvalue weighted by atomic mass is 15.2. The Morgan fingerprint density at radius 3 is 1.67 bits per heavy atom.